The molecule has 0 saturated heterocycles. The van der Waals surface area contributed by atoms with Crippen molar-refractivity contribution >= 4 is 28.9 Å². The maximum absolute atomic E-state index is 13.6. The summed E-state index contributed by atoms with van der Waals surface area (Å²) in [6.45, 7) is 1.47. The number of ether oxygens (including phenoxy) is 2. The monoisotopic (exact) mass is 445 g/mol. The zero-order valence-electron chi connectivity index (χ0n) is 16.5. The average Bonchev–Trinajstić information content (AvgIpc) is 2.67. The standard InChI is InChI=1S/C21H23ClF3NO4/c1-3-30-20(21(23,24)25)17-9-4-13(14(12-29-2)11-19(27)28)10-18(17)26-16-7-5-15(22)6-8-16/h4-10,14,20,26H,3,11-12H2,1-2H3,(H,27,28)/t14-,20-/m0/s1. The van der Waals surface area contributed by atoms with E-state index >= 15 is 0 Å². The Morgan fingerprint density at radius 1 is 1.20 bits per heavy atom. The molecule has 0 aliphatic carbocycles. The van der Waals surface area contributed by atoms with Crippen molar-refractivity contribution in [3.05, 3.63) is 58.6 Å². The predicted octanol–water partition coefficient (Wildman–Crippen LogP) is 5.93. The van der Waals surface area contributed by atoms with Gasteiger partial charge in [-0.05, 0) is 42.8 Å². The Labute approximate surface area is 177 Å². The molecular weight excluding hydrogens is 423 g/mol. The van der Waals surface area contributed by atoms with Gasteiger partial charge in [0.25, 0.3) is 0 Å². The molecule has 0 bridgehead atoms. The zero-order valence-corrected chi connectivity index (χ0v) is 17.3. The summed E-state index contributed by atoms with van der Waals surface area (Å²) >= 11 is 5.88. The number of hydrogen-bond donors (Lipinski definition) is 2. The lowest BCUT2D eigenvalue weighted by Crippen LogP contribution is -2.24. The molecule has 2 atom stereocenters. The van der Waals surface area contributed by atoms with Crippen molar-refractivity contribution in [2.24, 2.45) is 0 Å². The van der Waals surface area contributed by atoms with Crippen molar-refractivity contribution in [2.45, 2.75) is 31.5 Å². The first-order valence-corrected chi connectivity index (χ1v) is 9.59. The van der Waals surface area contributed by atoms with E-state index in [-0.39, 0.29) is 30.9 Å². The second-order valence-electron chi connectivity index (χ2n) is 6.61. The molecule has 2 N–H and O–H groups in total. The number of hydrogen-bond acceptors (Lipinski definition) is 4. The number of rotatable bonds is 10. The highest BCUT2D eigenvalue weighted by Gasteiger charge is 2.43. The number of anilines is 2. The van der Waals surface area contributed by atoms with Crippen LogP contribution in [0.3, 0.4) is 0 Å². The topological polar surface area (TPSA) is 67.8 Å². The normalized spacial score (nSPS) is 13.7. The van der Waals surface area contributed by atoms with Crippen LogP contribution in [0.1, 0.15) is 36.5 Å². The van der Waals surface area contributed by atoms with Crippen LogP contribution in [0.4, 0.5) is 24.5 Å². The first-order valence-electron chi connectivity index (χ1n) is 9.21. The van der Waals surface area contributed by atoms with E-state index in [0.29, 0.717) is 16.3 Å². The SMILES string of the molecule is CCO[C@@H](c1ccc([C@H](COC)CC(=O)O)cc1Nc1ccc(Cl)cc1)C(F)(F)F. The fourth-order valence-electron chi connectivity index (χ4n) is 3.07. The number of alkyl halides is 3. The van der Waals surface area contributed by atoms with Gasteiger partial charge in [0.05, 0.1) is 13.0 Å². The fourth-order valence-corrected chi connectivity index (χ4v) is 3.19. The Morgan fingerprint density at radius 2 is 1.87 bits per heavy atom. The Kier molecular flexibility index (Phi) is 8.52. The van der Waals surface area contributed by atoms with Crippen LogP contribution < -0.4 is 5.32 Å². The second-order valence-corrected chi connectivity index (χ2v) is 7.04. The Bertz CT molecular complexity index is 843. The van der Waals surface area contributed by atoms with Crippen molar-refractivity contribution in [1.29, 1.82) is 0 Å². The number of benzene rings is 2. The van der Waals surface area contributed by atoms with Gasteiger partial charge in [-0.3, -0.25) is 4.79 Å². The van der Waals surface area contributed by atoms with Crippen LogP contribution in [-0.2, 0) is 14.3 Å². The molecule has 2 aromatic rings. The molecule has 0 heterocycles. The van der Waals surface area contributed by atoms with E-state index < -0.39 is 24.2 Å². The van der Waals surface area contributed by atoms with Crippen LogP contribution in [0.15, 0.2) is 42.5 Å². The number of nitrogens with one attached hydrogen (secondary N) is 1. The minimum Gasteiger partial charge on any atom is -0.481 e. The lowest BCUT2D eigenvalue weighted by molar-refractivity contribution is -0.222. The van der Waals surface area contributed by atoms with Gasteiger partial charge in [0, 0.05) is 41.6 Å². The number of carboxylic acid groups (broad SMARTS) is 1. The first-order chi connectivity index (χ1) is 14.2. The van der Waals surface area contributed by atoms with Crippen LogP contribution in [0.25, 0.3) is 0 Å². The summed E-state index contributed by atoms with van der Waals surface area (Å²) < 4.78 is 51.0. The van der Waals surface area contributed by atoms with Crippen molar-refractivity contribution in [1.82, 2.24) is 0 Å². The van der Waals surface area contributed by atoms with Gasteiger partial charge in [-0.2, -0.15) is 13.2 Å². The van der Waals surface area contributed by atoms with E-state index in [9.17, 15) is 18.0 Å². The molecule has 30 heavy (non-hydrogen) atoms. The predicted molar refractivity (Wildman–Crippen MR) is 108 cm³/mol. The Balaban J connectivity index is 2.54. The molecule has 0 aromatic heterocycles. The summed E-state index contributed by atoms with van der Waals surface area (Å²) in [7, 11) is 1.44. The van der Waals surface area contributed by atoms with Crippen LogP contribution in [0.5, 0.6) is 0 Å². The van der Waals surface area contributed by atoms with Gasteiger partial charge in [0.1, 0.15) is 0 Å². The van der Waals surface area contributed by atoms with Crippen LogP contribution in [0, 0.1) is 0 Å². The number of carboxylic acids is 1. The van der Waals surface area contributed by atoms with E-state index in [1.165, 1.54) is 32.2 Å². The highest BCUT2D eigenvalue weighted by Crippen LogP contribution is 2.41. The highest BCUT2D eigenvalue weighted by molar-refractivity contribution is 6.30. The second kappa shape index (κ2) is 10.7. The van der Waals surface area contributed by atoms with Gasteiger partial charge >= 0.3 is 12.1 Å². The Morgan fingerprint density at radius 3 is 2.40 bits per heavy atom. The van der Waals surface area contributed by atoms with Crippen LogP contribution in [-0.4, -0.2) is 37.6 Å². The number of methoxy groups -OCH3 is 1. The first kappa shape index (κ1) is 24.0. The summed E-state index contributed by atoms with van der Waals surface area (Å²) in [6.07, 6.45) is -6.98. The van der Waals surface area contributed by atoms with Crippen molar-refractivity contribution in [3.8, 4) is 0 Å². The maximum Gasteiger partial charge on any atom is 0.418 e. The third-order valence-corrected chi connectivity index (χ3v) is 4.63. The number of halogens is 4. The van der Waals surface area contributed by atoms with Crippen LogP contribution >= 0.6 is 11.6 Å². The molecule has 0 fully saturated rings. The smallest absolute Gasteiger partial charge is 0.418 e. The third kappa shape index (κ3) is 6.62. The van der Waals surface area contributed by atoms with E-state index in [0.717, 1.165) is 0 Å². The molecule has 2 rings (SSSR count). The lowest BCUT2D eigenvalue weighted by atomic mass is 9.93. The highest BCUT2D eigenvalue weighted by atomic mass is 35.5. The molecule has 0 aliphatic rings. The molecule has 0 spiro atoms. The van der Waals surface area contributed by atoms with E-state index in [2.05, 4.69) is 5.32 Å². The molecule has 0 aliphatic heterocycles. The van der Waals surface area contributed by atoms with E-state index in [1.54, 1.807) is 24.3 Å². The summed E-state index contributed by atoms with van der Waals surface area (Å²) in [5, 5.41) is 12.6. The molecule has 0 amide bonds. The molecule has 5 nitrogen and oxygen atoms in total. The molecule has 2 aromatic carbocycles. The van der Waals surface area contributed by atoms with E-state index in [1.807, 2.05) is 0 Å². The van der Waals surface area contributed by atoms with Crippen LogP contribution in [0.2, 0.25) is 5.02 Å². The third-order valence-electron chi connectivity index (χ3n) is 4.37. The summed E-state index contributed by atoms with van der Waals surface area (Å²) in [4.78, 5) is 11.2. The molecule has 164 valence electrons. The van der Waals surface area contributed by atoms with Gasteiger partial charge < -0.3 is 19.9 Å². The molecule has 0 unspecified atom stereocenters. The summed E-state index contributed by atoms with van der Waals surface area (Å²) in [5.41, 5.74) is 1.13. The van der Waals surface area contributed by atoms with Crippen molar-refractivity contribution < 1.29 is 32.5 Å². The quantitative estimate of drug-likeness (QED) is 0.474. The number of carbonyl (C=O) groups is 1. The van der Waals surface area contributed by atoms with Gasteiger partial charge in [0.15, 0.2) is 6.10 Å². The molecule has 0 saturated carbocycles. The van der Waals surface area contributed by atoms with Crippen molar-refractivity contribution in [2.75, 3.05) is 25.6 Å². The zero-order chi connectivity index (χ0) is 22.3. The van der Waals surface area contributed by atoms with E-state index in [4.69, 9.17) is 26.2 Å². The average molecular weight is 446 g/mol. The molecule has 9 heteroatoms. The minimum absolute atomic E-state index is 0.102. The lowest BCUT2D eigenvalue weighted by Gasteiger charge is -2.25. The van der Waals surface area contributed by atoms with Gasteiger partial charge in [0.2, 0.25) is 0 Å². The van der Waals surface area contributed by atoms with Gasteiger partial charge in [-0.15, -0.1) is 0 Å². The Hall–Kier alpha value is -2.29. The number of aliphatic carboxylic acids is 1. The summed E-state index contributed by atoms with van der Waals surface area (Å²) in [6, 6.07) is 10.8. The van der Waals surface area contributed by atoms with Gasteiger partial charge in [-0.25, -0.2) is 0 Å². The van der Waals surface area contributed by atoms with Crippen molar-refractivity contribution in [3.63, 3.8) is 0 Å². The fraction of sp³-hybridized carbons (Fsp3) is 0.381. The maximum atomic E-state index is 13.6. The minimum atomic E-state index is -4.62. The molecule has 0 radical (unpaired) electrons. The van der Waals surface area contributed by atoms with Gasteiger partial charge in [-0.1, -0.05) is 23.7 Å². The summed E-state index contributed by atoms with van der Waals surface area (Å²) in [5.74, 6) is -1.56. The largest absolute Gasteiger partial charge is 0.481 e. The molecular formula is C21H23ClF3NO4.